The van der Waals surface area contributed by atoms with Crippen LogP contribution in [0.5, 0.6) is 5.75 Å². The Bertz CT molecular complexity index is 445. The Hall–Kier alpha value is -1.77. The lowest BCUT2D eigenvalue weighted by atomic mass is 10.4. The molecular weight excluding hydrogens is 166 g/mol. The lowest BCUT2D eigenvalue weighted by molar-refractivity contribution is -0.131. The third-order valence-electron chi connectivity index (χ3n) is 1.76. The highest BCUT2D eigenvalue weighted by Crippen LogP contribution is 2.14. The summed E-state index contributed by atoms with van der Waals surface area (Å²) in [5.74, 6) is 0.287. The van der Waals surface area contributed by atoms with Crippen molar-refractivity contribution in [2.45, 2.75) is 6.92 Å². The van der Waals surface area contributed by atoms with Crippen LogP contribution in [0.25, 0.3) is 5.52 Å². The van der Waals surface area contributed by atoms with Crippen LogP contribution in [-0.4, -0.2) is 10.4 Å². The summed E-state index contributed by atoms with van der Waals surface area (Å²) in [6, 6.07) is 7.47. The van der Waals surface area contributed by atoms with Crippen LogP contribution in [-0.2, 0) is 4.79 Å². The minimum Gasteiger partial charge on any atom is -0.427 e. The molecule has 2 aromatic rings. The van der Waals surface area contributed by atoms with E-state index in [2.05, 4.69) is 0 Å². The molecule has 0 radical (unpaired) electrons. The van der Waals surface area contributed by atoms with Crippen LogP contribution in [0.3, 0.4) is 0 Å². The van der Waals surface area contributed by atoms with E-state index >= 15 is 0 Å². The predicted molar refractivity (Wildman–Crippen MR) is 48.7 cm³/mol. The Morgan fingerprint density at radius 3 is 3.00 bits per heavy atom. The number of carbonyl (C=O) groups excluding carboxylic acids is 1. The molecule has 0 aliphatic rings. The summed E-state index contributed by atoms with van der Waals surface area (Å²) >= 11 is 0. The first-order valence-electron chi connectivity index (χ1n) is 4.01. The fraction of sp³-hybridized carbons (Fsp3) is 0.100. The predicted octanol–water partition coefficient (Wildman–Crippen LogP) is 1.86. The molecule has 0 spiro atoms. The molecule has 0 aromatic carbocycles. The number of nitrogens with zero attached hydrogens (tertiary/aromatic N) is 1. The Labute approximate surface area is 75.6 Å². The Kier molecular flexibility index (Phi) is 1.77. The number of aromatic nitrogens is 1. The molecule has 0 bridgehead atoms. The van der Waals surface area contributed by atoms with Gasteiger partial charge in [0.25, 0.3) is 0 Å². The first kappa shape index (κ1) is 7.86. The highest BCUT2D eigenvalue weighted by atomic mass is 16.5. The molecular formula is C10H9NO2. The van der Waals surface area contributed by atoms with Gasteiger partial charge in [-0.25, -0.2) is 0 Å². The van der Waals surface area contributed by atoms with Gasteiger partial charge in [0.05, 0.1) is 0 Å². The van der Waals surface area contributed by atoms with Crippen molar-refractivity contribution in [3.63, 3.8) is 0 Å². The number of pyridine rings is 1. The maximum absolute atomic E-state index is 10.7. The van der Waals surface area contributed by atoms with Gasteiger partial charge in [-0.1, -0.05) is 0 Å². The van der Waals surface area contributed by atoms with Gasteiger partial charge in [-0.05, 0) is 18.2 Å². The van der Waals surface area contributed by atoms with Gasteiger partial charge in [0.15, 0.2) is 0 Å². The largest absolute Gasteiger partial charge is 0.427 e. The number of hydrogen-bond acceptors (Lipinski definition) is 2. The van der Waals surface area contributed by atoms with Gasteiger partial charge in [0.1, 0.15) is 5.75 Å². The number of carbonyl (C=O) groups is 1. The Morgan fingerprint density at radius 1 is 1.38 bits per heavy atom. The fourth-order valence-electron chi connectivity index (χ4n) is 1.24. The number of rotatable bonds is 1. The molecule has 3 heteroatoms. The molecule has 0 unspecified atom stereocenters. The van der Waals surface area contributed by atoms with E-state index in [1.54, 1.807) is 6.07 Å². The maximum Gasteiger partial charge on any atom is 0.308 e. The normalized spacial score (nSPS) is 10.2. The second-order valence-electron chi connectivity index (χ2n) is 2.80. The minimum absolute atomic E-state index is 0.295. The highest BCUT2D eigenvalue weighted by Gasteiger charge is 1.98. The number of esters is 1. The van der Waals surface area contributed by atoms with Crippen LogP contribution in [0.1, 0.15) is 6.92 Å². The van der Waals surface area contributed by atoms with Gasteiger partial charge >= 0.3 is 5.97 Å². The zero-order valence-electron chi connectivity index (χ0n) is 7.23. The van der Waals surface area contributed by atoms with E-state index < -0.39 is 0 Å². The van der Waals surface area contributed by atoms with E-state index in [1.807, 2.05) is 35.0 Å². The van der Waals surface area contributed by atoms with E-state index in [0.717, 1.165) is 5.52 Å². The van der Waals surface area contributed by atoms with E-state index in [-0.39, 0.29) is 5.97 Å². The van der Waals surface area contributed by atoms with Crippen LogP contribution in [0.4, 0.5) is 0 Å². The van der Waals surface area contributed by atoms with E-state index in [1.165, 1.54) is 6.92 Å². The van der Waals surface area contributed by atoms with Crippen molar-refractivity contribution in [1.82, 2.24) is 4.40 Å². The molecule has 0 saturated heterocycles. The molecule has 0 aliphatic heterocycles. The van der Waals surface area contributed by atoms with Gasteiger partial charge in [-0.3, -0.25) is 4.79 Å². The van der Waals surface area contributed by atoms with Gasteiger partial charge < -0.3 is 9.14 Å². The summed E-state index contributed by atoms with van der Waals surface area (Å²) in [6.45, 7) is 1.39. The molecule has 2 rings (SSSR count). The van der Waals surface area contributed by atoms with Crippen molar-refractivity contribution in [3.8, 4) is 5.75 Å². The van der Waals surface area contributed by atoms with E-state index in [0.29, 0.717) is 5.75 Å². The molecule has 2 aromatic heterocycles. The van der Waals surface area contributed by atoms with Crippen LogP contribution in [0.2, 0.25) is 0 Å². The third-order valence-corrected chi connectivity index (χ3v) is 1.76. The molecule has 0 atom stereocenters. The SMILES string of the molecule is CC(=O)Oc1ccn2cccc2c1. The molecule has 0 aliphatic carbocycles. The summed E-state index contributed by atoms with van der Waals surface area (Å²) < 4.78 is 6.89. The Balaban J connectivity index is 2.42. The third kappa shape index (κ3) is 1.54. The van der Waals surface area contributed by atoms with E-state index in [4.69, 9.17) is 4.74 Å². The van der Waals surface area contributed by atoms with Gasteiger partial charge in [-0.15, -0.1) is 0 Å². The molecule has 0 amide bonds. The molecule has 0 saturated carbocycles. The highest BCUT2D eigenvalue weighted by molar-refractivity contribution is 5.70. The number of ether oxygens (including phenoxy) is 1. The summed E-state index contributed by atoms with van der Waals surface area (Å²) in [7, 11) is 0. The zero-order valence-corrected chi connectivity index (χ0v) is 7.23. The second-order valence-corrected chi connectivity index (χ2v) is 2.80. The van der Waals surface area contributed by atoms with Gasteiger partial charge in [0.2, 0.25) is 0 Å². The quantitative estimate of drug-likeness (QED) is 0.619. The molecule has 66 valence electrons. The topological polar surface area (TPSA) is 30.7 Å². The average Bonchev–Trinajstić information content (AvgIpc) is 2.49. The van der Waals surface area contributed by atoms with Crippen molar-refractivity contribution in [3.05, 3.63) is 36.7 Å². The molecule has 2 heterocycles. The van der Waals surface area contributed by atoms with Crippen molar-refractivity contribution in [2.24, 2.45) is 0 Å². The second kappa shape index (κ2) is 2.94. The van der Waals surface area contributed by atoms with Crippen molar-refractivity contribution >= 4 is 11.5 Å². The van der Waals surface area contributed by atoms with Crippen molar-refractivity contribution < 1.29 is 9.53 Å². The average molecular weight is 175 g/mol. The molecule has 0 fully saturated rings. The Morgan fingerprint density at radius 2 is 2.23 bits per heavy atom. The maximum atomic E-state index is 10.7. The van der Waals surface area contributed by atoms with Crippen molar-refractivity contribution in [2.75, 3.05) is 0 Å². The minimum atomic E-state index is -0.295. The first-order valence-corrected chi connectivity index (χ1v) is 4.01. The molecule has 3 nitrogen and oxygen atoms in total. The lowest BCUT2D eigenvalue weighted by Crippen LogP contribution is -2.01. The first-order chi connectivity index (χ1) is 6.25. The molecule has 0 N–H and O–H groups in total. The summed E-state index contributed by atoms with van der Waals surface area (Å²) in [5.41, 5.74) is 1.01. The zero-order chi connectivity index (χ0) is 9.26. The van der Waals surface area contributed by atoms with E-state index in [9.17, 15) is 4.79 Å². The van der Waals surface area contributed by atoms with Crippen LogP contribution in [0.15, 0.2) is 36.7 Å². The summed E-state index contributed by atoms with van der Waals surface area (Å²) in [6.07, 6.45) is 3.79. The monoisotopic (exact) mass is 175 g/mol. The van der Waals surface area contributed by atoms with Crippen LogP contribution < -0.4 is 4.74 Å². The number of hydrogen-bond donors (Lipinski definition) is 0. The standard InChI is InChI=1S/C10H9NO2/c1-8(12)13-10-4-6-11-5-2-3-9(11)7-10/h2-7H,1H3. The number of fused-ring (bicyclic) bond motifs is 1. The summed E-state index contributed by atoms with van der Waals surface area (Å²) in [4.78, 5) is 10.7. The smallest absolute Gasteiger partial charge is 0.308 e. The van der Waals surface area contributed by atoms with Gasteiger partial charge in [-0.2, -0.15) is 0 Å². The van der Waals surface area contributed by atoms with Crippen LogP contribution in [0, 0.1) is 0 Å². The van der Waals surface area contributed by atoms with Crippen LogP contribution >= 0.6 is 0 Å². The fourth-order valence-corrected chi connectivity index (χ4v) is 1.24. The van der Waals surface area contributed by atoms with Crippen molar-refractivity contribution in [1.29, 1.82) is 0 Å². The lowest BCUT2D eigenvalue weighted by Gasteiger charge is -2.01. The van der Waals surface area contributed by atoms with Gasteiger partial charge in [0, 0.05) is 30.9 Å². The molecule has 13 heavy (non-hydrogen) atoms. The summed E-state index contributed by atoms with van der Waals surface area (Å²) in [5, 5.41) is 0.